The van der Waals surface area contributed by atoms with Crippen molar-refractivity contribution in [3.05, 3.63) is 88.0 Å². The minimum atomic E-state index is 0.392. The molecule has 5 aliphatic carbocycles. The van der Waals surface area contributed by atoms with E-state index in [4.69, 9.17) is 0 Å². The quantitative estimate of drug-likeness (QED) is 0.379. The molecule has 7 rings (SSSR count). The average Bonchev–Trinajstić information content (AvgIpc) is 3.02. The monoisotopic (exact) mass is 474 g/mol. The van der Waals surface area contributed by atoms with Crippen LogP contribution in [0.25, 0.3) is 17.2 Å². The second kappa shape index (κ2) is 7.59. The smallest absolute Gasteiger partial charge is 0.00454 e. The molecule has 0 heterocycles. The van der Waals surface area contributed by atoms with E-state index in [1.807, 2.05) is 0 Å². The van der Waals surface area contributed by atoms with Gasteiger partial charge in [-0.3, -0.25) is 0 Å². The molecule has 2 aromatic rings. The number of benzene rings is 2. The Hall–Kier alpha value is -2.34. The fraction of sp³-hybridized carbons (Fsp3) is 0.500. The van der Waals surface area contributed by atoms with Crippen molar-refractivity contribution >= 4 is 6.08 Å². The molecule has 0 nitrogen and oxygen atoms in total. The Bertz CT molecular complexity index is 1310. The first kappa shape index (κ1) is 22.8. The molecule has 0 aliphatic heterocycles. The summed E-state index contributed by atoms with van der Waals surface area (Å²) in [5.74, 6) is 2.70. The van der Waals surface area contributed by atoms with Crippen molar-refractivity contribution in [2.45, 2.75) is 79.1 Å². The van der Waals surface area contributed by atoms with Crippen molar-refractivity contribution in [3.8, 4) is 11.1 Å². The molecule has 4 saturated carbocycles. The second-order valence-corrected chi connectivity index (χ2v) is 13.8. The fourth-order valence-electron chi connectivity index (χ4n) is 9.16. The van der Waals surface area contributed by atoms with Crippen LogP contribution in [0.5, 0.6) is 0 Å². The molecule has 0 saturated heterocycles. The van der Waals surface area contributed by atoms with Crippen LogP contribution in [0.2, 0.25) is 0 Å². The Morgan fingerprint density at radius 1 is 0.917 bits per heavy atom. The number of rotatable bonds is 5. The van der Waals surface area contributed by atoms with Gasteiger partial charge in [-0.2, -0.15) is 0 Å². The van der Waals surface area contributed by atoms with Gasteiger partial charge in [-0.1, -0.05) is 92.1 Å². The lowest BCUT2D eigenvalue weighted by Crippen LogP contribution is -2.46. The summed E-state index contributed by atoms with van der Waals surface area (Å²) in [6.45, 7) is 18.5. The highest BCUT2D eigenvalue weighted by molar-refractivity contribution is 5.80. The van der Waals surface area contributed by atoms with Gasteiger partial charge < -0.3 is 0 Å². The molecule has 186 valence electrons. The summed E-state index contributed by atoms with van der Waals surface area (Å²) in [4.78, 5) is 0. The standard InChI is InChI=1S/C36H42/c1-21-15-22(2)29(20-27-11-14-36(27)12-8-13-36)32(16-21)28-10-7-9-26-17-25(19-31(26)28)18-30-23(3)33-34(24(30)4)35(33,5)6/h7,9-10,15-17,27,30,33-34H,3-4,8,11-14,18-20H2,1-2,5-6H3. The summed E-state index contributed by atoms with van der Waals surface area (Å²) < 4.78 is 0. The molecule has 36 heavy (non-hydrogen) atoms. The van der Waals surface area contributed by atoms with E-state index in [1.54, 1.807) is 16.7 Å². The molecular formula is C36H42. The summed E-state index contributed by atoms with van der Waals surface area (Å²) in [6, 6.07) is 11.9. The van der Waals surface area contributed by atoms with Crippen LogP contribution >= 0.6 is 0 Å². The lowest BCUT2D eigenvalue weighted by molar-refractivity contribution is -0.0481. The predicted octanol–water partition coefficient (Wildman–Crippen LogP) is 9.44. The molecule has 0 N–H and O–H groups in total. The van der Waals surface area contributed by atoms with Gasteiger partial charge in [0.25, 0.3) is 0 Å². The van der Waals surface area contributed by atoms with Crippen LogP contribution in [0.3, 0.4) is 0 Å². The highest BCUT2D eigenvalue weighted by Crippen LogP contribution is 2.72. The topological polar surface area (TPSA) is 0 Å². The van der Waals surface area contributed by atoms with Crippen LogP contribution in [0.15, 0.2) is 60.2 Å². The minimum absolute atomic E-state index is 0.392. The third-order valence-electron chi connectivity index (χ3n) is 11.5. The summed E-state index contributed by atoms with van der Waals surface area (Å²) >= 11 is 0. The lowest BCUT2D eigenvalue weighted by atomic mass is 9.48. The maximum atomic E-state index is 4.57. The molecule has 2 aromatic carbocycles. The summed E-state index contributed by atoms with van der Waals surface area (Å²) in [5.41, 5.74) is 16.1. The van der Waals surface area contributed by atoms with Crippen LogP contribution in [0, 0.1) is 48.3 Å². The molecule has 5 aliphatic rings. The van der Waals surface area contributed by atoms with Crippen molar-refractivity contribution in [3.63, 3.8) is 0 Å². The Balaban J connectivity index is 1.18. The minimum Gasteiger partial charge on any atom is -0.0989 e. The SMILES string of the molecule is C=C1C(CC2=Cc3cccc(-c4cc(C)cc(C)c4CC4CCC45CCC5)c3C2)C(=C)C2C1C2(C)C. The van der Waals surface area contributed by atoms with Crippen molar-refractivity contribution in [2.75, 3.05) is 0 Å². The number of hydrogen-bond donors (Lipinski definition) is 0. The van der Waals surface area contributed by atoms with E-state index in [0.717, 1.165) is 18.8 Å². The van der Waals surface area contributed by atoms with Crippen molar-refractivity contribution in [2.24, 2.45) is 34.5 Å². The van der Waals surface area contributed by atoms with Crippen molar-refractivity contribution in [1.29, 1.82) is 0 Å². The Kier molecular flexibility index (Phi) is 4.81. The zero-order chi connectivity index (χ0) is 25.0. The maximum absolute atomic E-state index is 4.57. The van der Waals surface area contributed by atoms with Crippen LogP contribution in [-0.2, 0) is 12.8 Å². The maximum Gasteiger partial charge on any atom is 0.00454 e. The third-order valence-corrected chi connectivity index (χ3v) is 11.5. The van der Waals surface area contributed by atoms with Gasteiger partial charge >= 0.3 is 0 Å². The lowest BCUT2D eigenvalue weighted by Gasteiger charge is -2.56. The van der Waals surface area contributed by atoms with E-state index in [-0.39, 0.29) is 0 Å². The van der Waals surface area contributed by atoms with Crippen LogP contribution in [0.1, 0.15) is 80.2 Å². The molecule has 0 amide bonds. The first-order valence-corrected chi connectivity index (χ1v) is 14.5. The van der Waals surface area contributed by atoms with Crippen LogP contribution < -0.4 is 0 Å². The fourth-order valence-corrected chi connectivity index (χ4v) is 9.16. The third kappa shape index (κ3) is 3.12. The van der Waals surface area contributed by atoms with Gasteiger partial charge in [0.05, 0.1) is 0 Å². The van der Waals surface area contributed by atoms with Gasteiger partial charge in [0.2, 0.25) is 0 Å². The first-order chi connectivity index (χ1) is 17.2. The largest absolute Gasteiger partial charge is 0.0989 e. The summed E-state index contributed by atoms with van der Waals surface area (Å²) in [5, 5.41) is 0. The first-order valence-electron chi connectivity index (χ1n) is 14.5. The van der Waals surface area contributed by atoms with E-state index < -0.39 is 0 Å². The Labute approximate surface area is 218 Å². The average molecular weight is 475 g/mol. The highest BCUT2D eigenvalue weighted by Gasteiger charge is 2.65. The number of fused-ring (bicyclic) bond motifs is 2. The van der Waals surface area contributed by atoms with Crippen molar-refractivity contribution in [1.82, 2.24) is 0 Å². The number of aryl methyl sites for hydroxylation is 2. The van der Waals surface area contributed by atoms with Crippen LogP contribution in [-0.4, -0.2) is 0 Å². The summed E-state index contributed by atoms with van der Waals surface area (Å²) in [6.07, 6.45) is 13.3. The molecule has 0 aromatic heterocycles. The van der Waals surface area contributed by atoms with Gasteiger partial charge in [0.1, 0.15) is 0 Å². The van der Waals surface area contributed by atoms with E-state index in [1.165, 1.54) is 77.5 Å². The molecule has 4 fully saturated rings. The highest BCUT2D eigenvalue weighted by atomic mass is 14.7. The molecule has 0 heteroatoms. The summed E-state index contributed by atoms with van der Waals surface area (Å²) in [7, 11) is 0. The van der Waals surface area contributed by atoms with Crippen molar-refractivity contribution < 1.29 is 0 Å². The zero-order valence-electron chi connectivity index (χ0n) is 22.8. The zero-order valence-corrected chi connectivity index (χ0v) is 22.8. The second-order valence-electron chi connectivity index (χ2n) is 13.8. The van der Waals surface area contributed by atoms with Gasteiger partial charge in [-0.05, 0) is 121 Å². The molecule has 3 unspecified atom stereocenters. The Morgan fingerprint density at radius 3 is 2.31 bits per heavy atom. The predicted molar refractivity (Wildman–Crippen MR) is 153 cm³/mol. The molecule has 0 bridgehead atoms. The molecular weight excluding hydrogens is 432 g/mol. The van der Waals surface area contributed by atoms with Gasteiger partial charge in [0, 0.05) is 5.92 Å². The van der Waals surface area contributed by atoms with E-state index >= 15 is 0 Å². The van der Waals surface area contributed by atoms with E-state index in [2.05, 4.69) is 77.3 Å². The van der Waals surface area contributed by atoms with Crippen LogP contribution in [0.4, 0.5) is 0 Å². The van der Waals surface area contributed by atoms with E-state index in [9.17, 15) is 0 Å². The molecule has 0 radical (unpaired) electrons. The van der Waals surface area contributed by atoms with Gasteiger partial charge in [-0.25, -0.2) is 0 Å². The Morgan fingerprint density at radius 2 is 1.67 bits per heavy atom. The van der Waals surface area contributed by atoms with E-state index in [0.29, 0.717) is 28.6 Å². The normalized spacial score (nSPS) is 30.5. The number of hydrogen-bond acceptors (Lipinski definition) is 0. The number of allylic oxidation sites excluding steroid dienone is 3. The molecule has 1 spiro atoms. The van der Waals surface area contributed by atoms with Gasteiger partial charge in [-0.15, -0.1) is 0 Å². The molecule has 3 atom stereocenters. The van der Waals surface area contributed by atoms with Gasteiger partial charge in [0.15, 0.2) is 0 Å².